The van der Waals surface area contributed by atoms with Crippen molar-refractivity contribution in [3.63, 3.8) is 0 Å². The highest BCUT2D eigenvalue weighted by atomic mass is 16.5. The van der Waals surface area contributed by atoms with Crippen LogP contribution in [0.2, 0.25) is 0 Å². The summed E-state index contributed by atoms with van der Waals surface area (Å²) in [5.74, 6) is 0.445. The lowest BCUT2D eigenvalue weighted by Crippen LogP contribution is -2.54. The van der Waals surface area contributed by atoms with Crippen molar-refractivity contribution in [2.24, 2.45) is 11.3 Å². The summed E-state index contributed by atoms with van der Waals surface area (Å²) in [6.07, 6.45) is 6.30. The summed E-state index contributed by atoms with van der Waals surface area (Å²) >= 11 is 0. The Morgan fingerprint density at radius 1 is 1.47 bits per heavy atom. The molecule has 2 heterocycles. The SMILES string of the molecule is C=CC[C@H](NC(C)=O)[C@H](O)CN[C@H]1CC2(CC(C#N)C2)Oc2ncc(CC(C)(C)C)cc21. The Kier molecular flexibility index (Phi) is 7.26. The van der Waals surface area contributed by atoms with E-state index in [4.69, 9.17) is 4.74 Å². The number of aliphatic hydroxyl groups is 1. The van der Waals surface area contributed by atoms with Gasteiger partial charge in [0.25, 0.3) is 0 Å². The fraction of sp³-hybridized carbons (Fsp3) is 0.640. The second-order valence-corrected chi connectivity index (χ2v) is 10.6. The van der Waals surface area contributed by atoms with E-state index in [2.05, 4.69) is 55.1 Å². The van der Waals surface area contributed by atoms with Crippen LogP contribution in [-0.4, -0.2) is 40.3 Å². The third-order valence-corrected chi connectivity index (χ3v) is 6.20. The summed E-state index contributed by atoms with van der Waals surface area (Å²) in [4.78, 5) is 16.2. The van der Waals surface area contributed by atoms with Crippen molar-refractivity contribution in [3.05, 3.63) is 36.0 Å². The number of nitriles is 1. The molecule has 1 aromatic rings. The van der Waals surface area contributed by atoms with E-state index in [9.17, 15) is 15.2 Å². The maximum atomic E-state index is 11.5. The minimum absolute atomic E-state index is 0.0136. The van der Waals surface area contributed by atoms with Gasteiger partial charge in [-0.2, -0.15) is 5.26 Å². The molecule has 1 spiro atoms. The number of nitrogens with zero attached hydrogens (tertiary/aromatic N) is 2. The summed E-state index contributed by atoms with van der Waals surface area (Å²) in [7, 11) is 0. The van der Waals surface area contributed by atoms with E-state index in [0.717, 1.165) is 24.0 Å². The zero-order valence-corrected chi connectivity index (χ0v) is 19.6. The number of carbonyl (C=O) groups excluding carboxylic acids is 1. The van der Waals surface area contributed by atoms with E-state index in [1.54, 1.807) is 6.08 Å². The smallest absolute Gasteiger partial charge is 0.218 e. The molecule has 0 radical (unpaired) electrons. The monoisotopic (exact) mass is 440 g/mol. The van der Waals surface area contributed by atoms with E-state index < -0.39 is 12.1 Å². The Morgan fingerprint density at radius 2 is 2.19 bits per heavy atom. The normalized spacial score (nSPS) is 26.1. The third-order valence-electron chi connectivity index (χ3n) is 6.20. The molecule has 0 bridgehead atoms. The third kappa shape index (κ3) is 5.87. The summed E-state index contributed by atoms with van der Waals surface area (Å²) in [6, 6.07) is 4.03. The van der Waals surface area contributed by atoms with E-state index in [1.807, 2.05) is 6.20 Å². The van der Waals surface area contributed by atoms with Gasteiger partial charge in [-0.15, -0.1) is 6.58 Å². The van der Waals surface area contributed by atoms with E-state index >= 15 is 0 Å². The van der Waals surface area contributed by atoms with Gasteiger partial charge in [-0.1, -0.05) is 26.8 Å². The Hall–Kier alpha value is -2.43. The highest BCUT2D eigenvalue weighted by Gasteiger charge is 2.51. The number of pyridine rings is 1. The lowest BCUT2D eigenvalue weighted by Gasteiger charge is -2.49. The molecule has 3 N–H and O–H groups in total. The predicted molar refractivity (Wildman–Crippen MR) is 123 cm³/mol. The van der Waals surface area contributed by atoms with Gasteiger partial charge >= 0.3 is 0 Å². The minimum Gasteiger partial charge on any atom is -0.471 e. The fourth-order valence-electron chi connectivity index (χ4n) is 4.81. The summed E-state index contributed by atoms with van der Waals surface area (Å²) in [6.45, 7) is 12.1. The molecular formula is C25H36N4O3. The highest BCUT2D eigenvalue weighted by molar-refractivity contribution is 5.73. The predicted octanol–water partition coefficient (Wildman–Crippen LogP) is 3.20. The Morgan fingerprint density at radius 3 is 2.78 bits per heavy atom. The molecule has 32 heavy (non-hydrogen) atoms. The van der Waals surface area contributed by atoms with Gasteiger partial charge < -0.3 is 20.5 Å². The molecule has 1 aliphatic heterocycles. The number of hydrogen-bond acceptors (Lipinski definition) is 6. The molecule has 1 amide bonds. The molecule has 0 unspecified atom stereocenters. The van der Waals surface area contributed by atoms with Crippen molar-refractivity contribution in [2.75, 3.05) is 6.54 Å². The Bertz CT molecular complexity index is 880. The van der Waals surface area contributed by atoms with Crippen molar-refractivity contribution in [3.8, 4) is 11.9 Å². The van der Waals surface area contributed by atoms with Crippen LogP contribution in [0.25, 0.3) is 0 Å². The summed E-state index contributed by atoms with van der Waals surface area (Å²) in [5.41, 5.74) is 1.89. The average molecular weight is 441 g/mol. The second-order valence-electron chi connectivity index (χ2n) is 10.6. The number of carbonyl (C=O) groups is 1. The quantitative estimate of drug-likeness (QED) is 0.536. The van der Waals surface area contributed by atoms with Crippen LogP contribution < -0.4 is 15.4 Å². The molecule has 1 fully saturated rings. The van der Waals surface area contributed by atoms with Gasteiger partial charge in [0.15, 0.2) is 0 Å². The standard InChI is InChI=1S/C25H36N4O3/c1-6-7-20(29-16(2)30)22(31)15-27-21-12-25(10-18(11-25)13-26)32-23-19(21)8-17(14-28-23)9-24(3,4)5/h6,8,14,18,20-22,27,31H,1,7,9-12,15H2,2-5H3,(H,29,30)/t18?,20-,21-,22+,25?/m0/s1. The average Bonchev–Trinajstić information content (AvgIpc) is 2.68. The first-order valence-electron chi connectivity index (χ1n) is 11.4. The second kappa shape index (κ2) is 9.60. The number of aliphatic hydroxyl groups excluding tert-OH is 1. The lowest BCUT2D eigenvalue weighted by molar-refractivity contribution is -0.120. The van der Waals surface area contributed by atoms with Crippen LogP contribution in [0.3, 0.4) is 0 Å². The molecule has 7 heteroatoms. The molecule has 0 saturated heterocycles. The van der Waals surface area contributed by atoms with Crippen molar-refractivity contribution in [2.45, 2.75) is 83.6 Å². The molecule has 2 aliphatic rings. The van der Waals surface area contributed by atoms with E-state index in [-0.39, 0.29) is 28.9 Å². The van der Waals surface area contributed by atoms with Gasteiger partial charge in [-0.25, -0.2) is 4.98 Å². The van der Waals surface area contributed by atoms with Crippen molar-refractivity contribution >= 4 is 5.91 Å². The van der Waals surface area contributed by atoms with E-state index in [0.29, 0.717) is 31.7 Å². The van der Waals surface area contributed by atoms with Gasteiger partial charge in [0.05, 0.1) is 24.1 Å². The molecule has 0 aromatic carbocycles. The molecule has 1 aliphatic carbocycles. The molecule has 174 valence electrons. The summed E-state index contributed by atoms with van der Waals surface area (Å²) < 4.78 is 6.31. The molecule has 1 aromatic heterocycles. The van der Waals surface area contributed by atoms with Crippen LogP contribution in [0.4, 0.5) is 0 Å². The maximum absolute atomic E-state index is 11.5. The molecule has 7 nitrogen and oxygen atoms in total. The van der Waals surface area contributed by atoms with E-state index in [1.165, 1.54) is 6.92 Å². The Balaban J connectivity index is 1.79. The summed E-state index contributed by atoms with van der Waals surface area (Å²) in [5, 5.41) is 26.3. The van der Waals surface area contributed by atoms with Crippen LogP contribution >= 0.6 is 0 Å². The van der Waals surface area contributed by atoms with Gasteiger partial charge in [-0.05, 0) is 29.9 Å². The maximum Gasteiger partial charge on any atom is 0.218 e. The fourth-order valence-corrected chi connectivity index (χ4v) is 4.81. The number of hydrogen-bond donors (Lipinski definition) is 3. The van der Waals surface area contributed by atoms with Crippen LogP contribution in [-0.2, 0) is 11.2 Å². The largest absolute Gasteiger partial charge is 0.471 e. The van der Waals surface area contributed by atoms with Crippen LogP contribution in [0.1, 0.15) is 70.5 Å². The van der Waals surface area contributed by atoms with Crippen LogP contribution in [0, 0.1) is 22.7 Å². The van der Waals surface area contributed by atoms with Crippen LogP contribution in [0.5, 0.6) is 5.88 Å². The van der Waals surface area contributed by atoms with Gasteiger partial charge in [0.2, 0.25) is 11.8 Å². The molecule has 3 rings (SSSR count). The molecule has 3 atom stereocenters. The first-order valence-corrected chi connectivity index (χ1v) is 11.4. The number of ether oxygens (including phenoxy) is 1. The van der Waals surface area contributed by atoms with Crippen molar-refractivity contribution in [1.29, 1.82) is 5.26 Å². The number of aromatic nitrogens is 1. The molecular weight excluding hydrogens is 404 g/mol. The number of fused-ring (bicyclic) bond motifs is 1. The highest BCUT2D eigenvalue weighted by Crippen LogP contribution is 2.50. The number of rotatable bonds is 8. The first kappa shape index (κ1) is 24.2. The zero-order valence-electron chi connectivity index (χ0n) is 19.6. The Labute approximate surface area is 191 Å². The first-order chi connectivity index (χ1) is 15.0. The number of amides is 1. The van der Waals surface area contributed by atoms with Gasteiger partial charge in [0, 0.05) is 50.5 Å². The van der Waals surface area contributed by atoms with Gasteiger partial charge in [0.1, 0.15) is 5.60 Å². The van der Waals surface area contributed by atoms with Crippen molar-refractivity contribution < 1.29 is 14.6 Å². The zero-order chi connectivity index (χ0) is 23.5. The van der Waals surface area contributed by atoms with Crippen LogP contribution in [0.15, 0.2) is 24.9 Å². The number of nitrogens with one attached hydrogen (secondary N) is 2. The van der Waals surface area contributed by atoms with Gasteiger partial charge in [-0.3, -0.25) is 4.79 Å². The van der Waals surface area contributed by atoms with Crippen molar-refractivity contribution in [1.82, 2.24) is 15.6 Å². The lowest BCUT2D eigenvalue weighted by atomic mass is 9.67. The minimum atomic E-state index is -0.766. The topological polar surface area (TPSA) is 107 Å². The molecule has 1 saturated carbocycles.